The van der Waals surface area contributed by atoms with Gasteiger partial charge >= 0.3 is 0 Å². The fourth-order valence-corrected chi connectivity index (χ4v) is 5.10. The van der Waals surface area contributed by atoms with Crippen LogP contribution in [0.25, 0.3) is 0 Å². The highest BCUT2D eigenvalue weighted by atomic mass is 32.2. The molecule has 96 valence electrons. The summed E-state index contributed by atoms with van der Waals surface area (Å²) in [4.78, 5) is 0. The van der Waals surface area contributed by atoms with E-state index < -0.39 is 0 Å². The van der Waals surface area contributed by atoms with Gasteiger partial charge in [-0.15, -0.1) is 0 Å². The fraction of sp³-hybridized carbons (Fsp3) is 0.727. The Morgan fingerprint density at radius 1 is 1.59 bits per heavy atom. The summed E-state index contributed by atoms with van der Waals surface area (Å²) < 4.78 is 1.84. The molecule has 0 bridgehead atoms. The monoisotopic (exact) mass is 272 g/mol. The van der Waals surface area contributed by atoms with E-state index >= 15 is 0 Å². The number of nitrogens with one attached hydrogen (secondary N) is 1. The maximum atomic E-state index is 5.71. The lowest BCUT2D eigenvalue weighted by molar-refractivity contribution is 0.494. The van der Waals surface area contributed by atoms with Crippen LogP contribution in [0.1, 0.15) is 12.6 Å². The predicted octanol–water partition coefficient (Wildman–Crippen LogP) is 1.03. The lowest BCUT2D eigenvalue weighted by atomic mass is 10.1. The van der Waals surface area contributed by atoms with Crippen molar-refractivity contribution in [2.24, 2.45) is 12.9 Å². The topological polar surface area (TPSA) is 55.9 Å². The van der Waals surface area contributed by atoms with Crippen molar-refractivity contribution in [1.82, 2.24) is 15.2 Å². The van der Waals surface area contributed by atoms with Gasteiger partial charge in [-0.2, -0.15) is 28.6 Å². The SMILES string of the molecule is CC1SCCSC1C(Cc1ccn(C)n1)NN. The molecule has 2 heterocycles. The molecule has 1 aliphatic rings. The van der Waals surface area contributed by atoms with E-state index in [0.29, 0.717) is 16.5 Å². The van der Waals surface area contributed by atoms with E-state index in [0.717, 1.165) is 12.1 Å². The molecule has 1 fully saturated rings. The Hall–Kier alpha value is -0.170. The van der Waals surface area contributed by atoms with Gasteiger partial charge in [0.25, 0.3) is 0 Å². The average molecular weight is 272 g/mol. The summed E-state index contributed by atoms with van der Waals surface area (Å²) in [7, 11) is 1.95. The first kappa shape index (κ1) is 13.3. The number of aryl methyl sites for hydroxylation is 1. The molecule has 0 aliphatic carbocycles. The third-order valence-corrected chi connectivity index (χ3v) is 6.30. The van der Waals surface area contributed by atoms with Crippen molar-refractivity contribution in [3.63, 3.8) is 0 Å². The molecule has 3 N–H and O–H groups in total. The number of rotatable bonds is 4. The molecule has 1 aromatic heterocycles. The number of hydrazine groups is 1. The molecule has 0 spiro atoms. The third kappa shape index (κ3) is 3.40. The molecule has 1 saturated heterocycles. The second kappa shape index (κ2) is 6.13. The van der Waals surface area contributed by atoms with Crippen LogP contribution in [0.2, 0.25) is 0 Å². The maximum absolute atomic E-state index is 5.71. The summed E-state index contributed by atoms with van der Waals surface area (Å²) >= 11 is 4.08. The van der Waals surface area contributed by atoms with Crippen LogP contribution in [0.3, 0.4) is 0 Å². The lowest BCUT2D eigenvalue weighted by Gasteiger charge is -2.33. The Bertz CT molecular complexity index is 355. The highest BCUT2D eigenvalue weighted by Crippen LogP contribution is 2.33. The van der Waals surface area contributed by atoms with Crippen molar-refractivity contribution in [3.05, 3.63) is 18.0 Å². The minimum Gasteiger partial charge on any atom is -0.276 e. The third-order valence-electron chi connectivity index (χ3n) is 3.05. The molecule has 17 heavy (non-hydrogen) atoms. The lowest BCUT2D eigenvalue weighted by Crippen LogP contribution is -2.48. The molecule has 2 rings (SSSR count). The number of hydrogen-bond donors (Lipinski definition) is 2. The summed E-state index contributed by atoms with van der Waals surface area (Å²) in [5.41, 5.74) is 4.09. The molecule has 6 heteroatoms. The van der Waals surface area contributed by atoms with Crippen LogP contribution < -0.4 is 11.3 Å². The fourth-order valence-electron chi connectivity index (χ4n) is 2.16. The minimum absolute atomic E-state index is 0.303. The summed E-state index contributed by atoms with van der Waals surface area (Å²) in [6.45, 7) is 2.30. The van der Waals surface area contributed by atoms with Gasteiger partial charge in [-0.1, -0.05) is 6.92 Å². The molecule has 1 aromatic rings. The molecule has 0 saturated carbocycles. The van der Waals surface area contributed by atoms with Crippen molar-refractivity contribution in [1.29, 1.82) is 0 Å². The molecule has 0 radical (unpaired) electrons. The van der Waals surface area contributed by atoms with Crippen LogP contribution in [0, 0.1) is 0 Å². The smallest absolute Gasteiger partial charge is 0.0640 e. The second-order valence-corrected chi connectivity index (χ2v) is 7.14. The summed E-state index contributed by atoms with van der Waals surface area (Å²) in [5.74, 6) is 8.19. The van der Waals surface area contributed by atoms with Gasteiger partial charge in [-0.05, 0) is 6.07 Å². The standard InChI is InChI=1S/C11H20N4S2/c1-8-11(17-6-5-16-8)10(13-12)7-9-3-4-15(2)14-9/h3-4,8,10-11,13H,5-7,12H2,1-2H3. The number of hydrogen-bond acceptors (Lipinski definition) is 5. The first-order valence-electron chi connectivity index (χ1n) is 5.88. The van der Waals surface area contributed by atoms with Crippen molar-refractivity contribution in [2.45, 2.75) is 29.9 Å². The number of nitrogens with zero attached hydrogens (tertiary/aromatic N) is 2. The highest BCUT2D eigenvalue weighted by molar-refractivity contribution is 8.07. The van der Waals surface area contributed by atoms with Crippen molar-refractivity contribution in [2.75, 3.05) is 11.5 Å². The van der Waals surface area contributed by atoms with Crippen LogP contribution in [0.15, 0.2) is 12.3 Å². The maximum Gasteiger partial charge on any atom is 0.0640 e. The minimum atomic E-state index is 0.303. The van der Waals surface area contributed by atoms with Crippen molar-refractivity contribution >= 4 is 23.5 Å². The quantitative estimate of drug-likeness (QED) is 0.633. The average Bonchev–Trinajstić information content (AvgIpc) is 2.73. The Kier molecular flexibility index (Phi) is 4.78. The van der Waals surface area contributed by atoms with Crippen LogP contribution in [0.5, 0.6) is 0 Å². The zero-order chi connectivity index (χ0) is 12.3. The van der Waals surface area contributed by atoms with Crippen molar-refractivity contribution < 1.29 is 0 Å². The van der Waals surface area contributed by atoms with E-state index in [-0.39, 0.29) is 0 Å². The molecule has 3 atom stereocenters. The molecule has 4 nitrogen and oxygen atoms in total. The number of thioether (sulfide) groups is 2. The van der Waals surface area contributed by atoms with E-state index in [1.807, 2.05) is 41.5 Å². The van der Waals surface area contributed by atoms with Gasteiger partial charge < -0.3 is 0 Å². The summed E-state index contributed by atoms with van der Waals surface area (Å²) in [5, 5.41) is 5.64. The van der Waals surface area contributed by atoms with Crippen molar-refractivity contribution in [3.8, 4) is 0 Å². The molecular formula is C11H20N4S2. The van der Waals surface area contributed by atoms with Gasteiger partial charge in [0, 0.05) is 47.7 Å². The molecular weight excluding hydrogens is 252 g/mol. The molecule has 0 amide bonds. The summed E-state index contributed by atoms with van der Waals surface area (Å²) in [6, 6.07) is 2.37. The molecule has 1 aliphatic heterocycles. The van der Waals surface area contributed by atoms with Crippen LogP contribution in [0.4, 0.5) is 0 Å². The van der Waals surface area contributed by atoms with E-state index in [4.69, 9.17) is 5.84 Å². The van der Waals surface area contributed by atoms with E-state index in [9.17, 15) is 0 Å². The van der Waals surface area contributed by atoms with Gasteiger partial charge in [0.05, 0.1) is 5.69 Å². The molecule has 0 aromatic carbocycles. The Balaban J connectivity index is 2.00. The Morgan fingerprint density at radius 3 is 2.94 bits per heavy atom. The number of aromatic nitrogens is 2. The first-order chi connectivity index (χ1) is 8.20. The van der Waals surface area contributed by atoms with E-state index in [1.54, 1.807) is 0 Å². The summed E-state index contributed by atoms with van der Waals surface area (Å²) in [6.07, 6.45) is 2.88. The zero-order valence-electron chi connectivity index (χ0n) is 10.3. The highest BCUT2D eigenvalue weighted by Gasteiger charge is 2.30. The largest absolute Gasteiger partial charge is 0.276 e. The van der Waals surface area contributed by atoms with Crippen LogP contribution >= 0.6 is 23.5 Å². The zero-order valence-corrected chi connectivity index (χ0v) is 11.9. The number of nitrogens with two attached hydrogens (primary N) is 1. The van der Waals surface area contributed by atoms with E-state index in [2.05, 4.69) is 23.5 Å². The van der Waals surface area contributed by atoms with Crippen LogP contribution in [-0.4, -0.2) is 37.8 Å². The second-order valence-electron chi connectivity index (χ2n) is 4.37. The van der Waals surface area contributed by atoms with Gasteiger partial charge in [-0.25, -0.2) is 0 Å². The van der Waals surface area contributed by atoms with Gasteiger partial charge in [0.1, 0.15) is 0 Å². The first-order valence-corrected chi connectivity index (χ1v) is 7.98. The predicted molar refractivity (Wildman–Crippen MR) is 76.2 cm³/mol. The Labute approximate surface area is 111 Å². The normalized spacial score (nSPS) is 27.0. The van der Waals surface area contributed by atoms with Gasteiger partial charge in [-0.3, -0.25) is 16.0 Å². The van der Waals surface area contributed by atoms with Gasteiger partial charge in [0.15, 0.2) is 0 Å². The van der Waals surface area contributed by atoms with E-state index in [1.165, 1.54) is 11.5 Å². The van der Waals surface area contributed by atoms with Gasteiger partial charge in [0.2, 0.25) is 0 Å². The molecule has 3 unspecified atom stereocenters. The van der Waals surface area contributed by atoms with Crippen LogP contribution in [-0.2, 0) is 13.5 Å². The Morgan fingerprint density at radius 2 is 2.35 bits per heavy atom.